The van der Waals surface area contributed by atoms with Crippen LogP contribution < -0.4 is 11.1 Å². The van der Waals surface area contributed by atoms with E-state index >= 15 is 0 Å². The van der Waals surface area contributed by atoms with Gasteiger partial charge in [0, 0.05) is 23.3 Å². The topological polar surface area (TPSA) is 63.3 Å². The molecule has 126 valence electrons. The van der Waals surface area contributed by atoms with Crippen molar-refractivity contribution in [2.45, 2.75) is 40.0 Å². The lowest BCUT2D eigenvalue weighted by atomic mass is 10.1. The predicted octanol–water partition coefficient (Wildman–Crippen LogP) is 4.44. The van der Waals surface area contributed by atoms with Crippen molar-refractivity contribution in [3.63, 3.8) is 0 Å². The number of unbranched alkanes of at least 4 members (excludes halogenated alkanes) is 1. The predicted molar refractivity (Wildman–Crippen MR) is 111 cm³/mol. The van der Waals surface area contributed by atoms with E-state index in [1.165, 1.54) is 16.1 Å². The molecule has 6 heteroatoms. The third kappa shape index (κ3) is 6.87. The van der Waals surface area contributed by atoms with Crippen LogP contribution >= 0.6 is 35.3 Å². The Morgan fingerprint density at radius 3 is 2.65 bits per heavy atom. The minimum atomic E-state index is 0. The molecule has 0 spiro atoms. The first-order valence-electron chi connectivity index (χ1n) is 7.60. The number of aromatic nitrogens is 1. The Kier molecular flexibility index (Phi) is 8.54. The van der Waals surface area contributed by atoms with Crippen molar-refractivity contribution < 1.29 is 0 Å². The number of nitrogens with one attached hydrogen (secondary N) is 1. The van der Waals surface area contributed by atoms with Crippen LogP contribution in [0.2, 0.25) is 0 Å². The second-order valence-corrected chi connectivity index (χ2v) is 6.47. The monoisotopic (exact) mass is 444 g/mol. The molecule has 2 rings (SSSR count). The van der Waals surface area contributed by atoms with Gasteiger partial charge in [-0.3, -0.25) is 4.99 Å². The Morgan fingerprint density at radius 1 is 1.22 bits per heavy atom. The molecular weight excluding hydrogens is 419 g/mol. The molecule has 23 heavy (non-hydrogen) atoms. The van der Waals surface area contributed by atoms with E-state index in [-0.39, 0.29) is 24.0 Å². The molecule has 0 aliphatic carbocycles. The van der Waals surface area contributed by atoms with E-state index in [0.717, 1.165) is 37.2 Å². The van der Waals surface area contributed by atoms with E-state index in [9.17, 15) is 0 Å². The summed E-state index contributed by atoms with van der Waals surface area (Å²) in [6.07, 6.45) is 3.14. The Hall–Kier alpha value is -1.15. The molecule has 0 aliphatic rings. The van der Waals surface area contributed by atoms with Gasteiger partial charge in [0.15, 0.2) is 5.96 Å². The number of hydrogen-bond acceptors (Lipinski definition) is 3. The lowest BCUT2D eigenvalue weighted by molar-refractivity contribution is 0.741. The fourth-order valence-corrected chi connectivity index (χ4v) is 2.93. The van der Waals surface area contributed by atoms with Crippen LogP contribution in [0.5, 0.6) is 0 Å². The smallest absolute Gasteiger partial charge is 0.193 e. The summed E-state index contributed by atoms with van der Waals surface area (Å²) in [5.41, 5.74) is 10.5. The summed E-state index contributed by atoms with van der Waals surface area (Å²) in [7, 11) is 0. The molecule has 1 aromatic heterocycles. The second-order valence-electron chi connectivity index (χ2n) is 5.53. The van der Waals surface area contributed by atoms with Gasteiger partial charge in [0.25, 0.3) is 0 Å². The first-order chi connectivity index (χ1) is 10.5. The fourth-order valence-electron chi connectivity index (χ4n) is 2.11. The molecule has 0 saturated heterocycles. The highest BCUT2D eigenvalue weighted by Crippen LogP contribution is 2.14. The average Bonchev–Trinajstić information content (AvgIpc) is 2.88. The standard InChI is InChI=1S/C17H24N4S.HI/c1-12-7-8-15(10-13(12)2)21-17(18)19-9-5-4-6-16-20-14(3)11-22-16;/h7-8,10-11H,4-6,9H2,1-3H3,(H3,18,19,21);1H. The average molecular weight is 444 g/mol. The number of halogens is 1. The Bertz CT molecular complexity index is 652. The fraction of sp³-hybridized carbons (Fsp3) is 0.412. The third-order valence-electron chi connectivity index (χ3n) is 3.53. The van der Waals surface area contributed by atoms with Crippen LogP contribution in [0.1, 0.15) is 34.7 Å². The molecule has 0 atom stereocenters. The Labute approximate surface area is 159 Å². The first kappa shape index (κ1) is 19.9. The maximum atomic E-state index is 5.92. The lowest BCUT2D eigenvalue weighted by Crippen LogP contribution is -2.22. The van der Waals surface area contributed by atoms with Crippen molar-refractivity contribution in [1.29, 1.82) is 0 Å². The molecule has 4 nitrogen and oxygen atoms in total. The van der Waals surface area contributed by atoms with E-state index in [2.05, 4.69) is 46.7 Å². The van der Waals surface area contributed by atoms with Gasteiger partial charge in [-0.15, -0.1) is 35.3 Å². The minimum absolute atomic E-state index is 0. The van der Waals surface area contributed by atoms with Crippen LogP contribution in [0.3, 0.4) is 0 Å². The summed E-state index contributed by atoms with van der Waals surface area (Å²) in [4.78, 5) is 8.83. The van der Waals surface area contributed by atoms with Crippen molar-refractivity contribution >= 4 is 47.0 Å². The molecule has 1 heterocycles. The summed E-state index contributed by atoms with van der Waals surface area (Å²) in [5.74, 6) is 0.480. The summed E-state index contributed by atoms with van der Waals surface area (Å²) in [6.45, 7) is 6.96. The van der Waals surface area contributed by atoms with Crippen molar-refractivity contribution in [1.82, 2.24) is 4.98 Å². The number of thiazole rings is 1. The van der Waals surface area contributed by atoms with Crippen molar-refractivity contribution in [2.75, 3.05) is 11.9 Å². The molecule has 0 radical (unpaired) electrons. The van der Waals surface area contributed by atoms with E-state index in [0.29, 0.717) is 5.96 Å². The van der Waals surface area contributed by atoms with Crippen LogP contribution in [0.4, 0.5) is 5.69 Å². The first-order valence-corrected chi connectivity index (χ1v) is 8.48. The summed E-state index contributed by atoms with van der Waals surface area (Å²) in [5, 5.41) is 6.45. The number of nitrogens with zero attached hydrogens (tertiary/aromatic N) is 2. The zero-order valence-corrected chi connectivity index (χ0v) is 17.1. The lowest BCUT2D eigenvalue weighted by Gasteiger charge is -2.08. The maximum absolute atomic E-state index is 5.92. The Balaban J connectivity index is 0.00000264. The largest absolute Gasteiger partial charge is 0.370 e. The van der Waals surface area contributed by atoms with Gasteiger partial charge in [0.2, 0.25) is 0 Å². The van der Waals surface area contributed by atoms with Crippen LogP contribution in [0.15, 0.2) is 28.6 Å². The van der Waals surface area contributed by atoms with Gasteiger partial charge in [0.1, 0.15) is 0 Å². The number of nitrogens with two attached hydrogens (primary N) is 1. The zero-order valence-electron chi connectivity index (χ0n) is 13.9. The number of anilines is 1. The van der Waals surface area contributed by atoms with Crippen LogP contribution in [0, 0.1) is 20.8 Å². The van der Waals surface area contributed by atoms with Crippen molar-refractivity contribution in [3.05, 3.63) is 45.4 Å². The van der Waals surface area contributed by atoms with Crippen LogP contribution in [0.25, 0.3) is 0 Å². The summed E-state index contributed by atoms with van der Waals surface area (Å²) < 4.78 is 0. The number of guanidine groups is 1. The molecule has 0 saturated carbocycles. The second kappa shape index (κ2) is 9.87. The van der Waals surface area contributed by atoms with Gasteiger partial charge in [-0.25, -0.2) is 4.98 Å². The van der Waals surface area contributed by atoms with Gasteiger partial charge in [0.05, 0.1) is 5.01 Å². The zero-order chi connectivity index (χ0) is 15.9. The van der Waals surface area contributed by atoms with Gasteiger partial charge < -0.3 is 11.1 Å². The number of rotatable bonds is 6. The molecule has 3 N–H and O–H groups in total. The Morgan fingerprint density at radius 2 is 2.00 bits per heavy atom. The van der Waals surface area contributed by atoms with Crippen LogP contribution in [-0.2, 0) is 6.42 Å². The molecule has 0 aliphatic heterocycles. The summed E-state index contributed by atoms with van der Waals surface area (Å²) >= 11 is 1.73. The molecule has 2 aromatic rings. The van der Waals surface area contributed by atoms with Gasteiger partial charge in [-0.1, -0.05) is 6.07 Å². The third-order valence-corrected chi connectivity index (χ3v) is 4.55. The normalized spacial score (nSPS) is 11.2. The molecule has 0 amide bonds. The quantitative estimate of drug-likeness (QED) is 0.300. The number of benzene rings is 1. The molecule has 0 bridgehead atoms. The minimum Gasteiger partial charge on any atom is -0.370 e. The highest BCUT2D eigenvalue weighted by atomic mass is 127. The van der Waals surface area contributed by atoms with Gasteiger partial charge in [-0.05, 0) is 63.3 Å². The van der Waals surface area contributed by atoms with E-state index in [4.69, 9.17) is 5.73 Å². The molecule has 0 unspecified atom stereocenters. The summed E-state index contributed by atoms with van der Waals surface area (Å²) in [6, 6.07) is 6.19. The van der Waals surface area contributed by atoms with E-state index in [1.807, 2.05) is 13.0 Å². The maximum Gasteiger partial charge on any atom is 0.193 e. The number of aliphatic imine (C=N–C) groups is 1. The molecule has 1 aromatic carbocycles. The highest BCUT2D eigenvalue weighted by molar-refractivity contribution is 14.0. The molecular formula is C17H25IN4S. The van der Waals surface area contributed by atoms with Gasteiger partial charge in [-0.2, -0.15) is 0 Å². The number of hydrogen-bond donors (Lipinski definition) is 2. The number of aryl methyl sites for hydroxylation is 4. The van der Waals surface area contributed by atoms with Gasteiger partial charge >= 0.3 is 0 Å². The molecule has 0 fully saturated rings. The van der Waals surface area contributed by atoms with Crippen LogP contribution in [-0.4, -0.2) is 17.5 Å². The SMILES string of the molecule is Cc1csc(CCCCN=C(N)Nc2ccc(C)c(C)c2)n1.I. The van der Waals surface area contributed by atoms with E-state index in [1.54, 1.807) is 11.3 Å². The van der Waals surface area contributed by atoms with Crippen molar-refractivity contribution in [3.8, 4) is 0 Å². The van der Waals surface area contributed by atoms with E-state index < -0.39 is 0 Å². The van der Waals surface area contributed by atoms with Crippen molar-refractivity contribution in [2.24, 2.45) is 10.7 Å². The highest BCUT2D eigenvalue weighted by Gasteiger charge is 1.99.